The molecule has 2 aromatic rings. The Hall–Kier alpha value is -1.31. The maximum absolute atomic E-state index is 10.7. The van der Waals surface area contributed by atoms with Crippen LogP contribution in [-0.4, -0.2) is 5.11 Å². The fraction of sp³-hybridized carbons (Fsp3) is 0.200. The van der Waals surface area contributed by atoms with Gasteiger partial charge < -0.3 is 5.11 Å². The summed E-state index contributed by atoms with van der Waals surface area (Å²) in [5.41, 5.74) is 1.72. The summed E-state index contributed by atoms with van der Waals surface area (Å²) in [5, 5.41) is 11.3. The van der Waals surface area contributed by atoms with Gasteiger partial charge in [0.05, 0.1) is 0 Å². The zero-order valence-corrected chi connectivity index (χ0v) is 10.7. The molecule has 0 spiro atoms. The average Bonchev–Trinajstić information content (AvgIpc) is 2.33. The molecule has 2 heteroatoms. The highest BCUT2D eigenvalue weighted by Gasteiger charge is 2.27. The van der Waals surface area contributed by atoms with Crippen LogP contribution in [0.3, 0.4) is 0 Å². The summed E-state index contributed by atoms with van der Waals surface area (Å²) in [7, 11) is 0. The Morgan fingerprint density at radius 3 is 2.35 bits per heavy atom. The second-order valence-electron chi connectivity index (χ2n) is 4.40. The van der Waals surface area contributed by atoms with Crippen molar-refractivity contribution >= 4 is 11.6 Å². The van der Waals surface area contributed by atoms with Gasteiger partial charge in [0.1, 0.15) is 5.60 Å². The Bertz CT molecular complexity index is 518. The molecule has 1 unspecified atom stereocenters. The Morgan fingerprint density at radius 1 is 1.06 bits per heavy atom. The smallest absolute Gasteiger partial charge is 0.112 e. The minimum Gasteiger partial charge on any atom is -0.381 e. The van der Waals surface area contributed by atoms with Crippen molar-refractivity contribution in [1.82, 2.24) is 0 Å². The highest BCUT2D eigenvalue weighted by Crippen LogP contribution is 2.32. The lowest BCUT2D eigenvalue weighted by molar-refractivity contribution is 0.102. The van der Waals surface area contributed by atoms with E-state index in [-0.39, 0.29) is 0 Å². The molecule has 0 heterocycles. The summed E-state index contributed by atoms with van der Waals surface area (Å²) in [5.74, 6) is 0. The molecule has 1 nitrogen and oxygen atoms in total. The van der Waals surface area contributed by atoms with E-state index < -0.39 is 5.60 Å². The monoisotopic (exact) mass is 246 g/mol. The first-order valence-corrected chi connectivity index (χ1v) is 5.94. The van der Waals surface area contributed by atoms with E-state index in [0.29, 0.717) is 5.02 Å². The van der Waals surface area contributed by atoms with Gasteiger partial charge in [0, 0.05) is 5.02 Å². The highest BCUT2D eigenvalue weighted by molar-refractivity contribution is 6.30. The summed E-state index contributed by atoms with van der Waals surface area (Å²) < 4.78 is 0. The summed E-state index contributed by atoms with van der Waals surface area (Å²) >= 11 is 6.00. The predicted molar refractivity (Wildman–Crippen MR) is 71.3 cm³/mol. The lowest BCUT2D eigenvalue weighted by Gasteiger charge is -2.26. The molecule has 2 rings (SSSR count). The van der Waals surface area contributed by atoms with Crippen LogP contribution in [-0.2, 0) is 5.60 Å². The molecule has 17 heavy (non-hydrogen) atoms. The van der Waals surface area contributed by atoms with E-state index in [2.05, 4.69) is 0 Å². The summed E-state index contributed by atoms with van der Waals surface area (Å²) in [4.78, 5) is 0. The van der Waals surface area contributed by atoms with Crippen LogP contribution in [0.5, 0.6) is 0 Å². The van der Waals surface area contributed by atoms with E-state index in [1.165, 1.54) is 0 Å². The number of benzene rings is 2. The fourth-order valence-corrected chi connectivity index (χ4v) is 2.21. The first-order chi connectivity index (χ1) is 8.01. The first-order valence-electron chi connectivity index (χ1n) is 5.56. The fourth-order valence-electron chi connectivity index (χ4n) is 2.04. The van der Waals surface area contributed by atoms with Crippen molar-refractivity contribution in [2.75, 3.05) is 0 Å². The minimum absolute atomic E-state index is 0.641. The number of hydrogen-bond donors (Lipinski definition) is 1. The maximum atomic E-state index is 10.7. The van der Waals surface area contributed by atoms with Crippen molar-refractivity contribution < 1.29 is 5.11 Å². The van der Waals surface area contributed by atoms with E-state index in [4.69, 9.17) is 11.6 Å². The van der Waals surface area contributed by atoms with Gasteiger partial charge in [0.25, 0.3) is 0 Å². The molecule has 2 aromatic carbocycles. The SMILES string of the molecule is Cc1ccc(Cl)cc1C(C)(O)c1ccccc1. The molecule has 1 N–H and O–H groups in total. The first kappa shape index (κ1) is 12.2. The molecule has 0 radical (unpaired) electrons. The zero-order valence-electron chi connectivity index (χ0n) is 9.94. The Labute approximate surface area is 107 Å². The third-order valence-electron chi connectivity index (χ3n) is 3.06. The molecule has 0 aliphatic carbocycles. The Morgan fingerprint density at radius 2 is 1.71 bits per heavy atom. The molecular formula is C15H15ClO. The van der Waals surface area contributed by atoms with E-state index in [9.17, 15) is 5.11 Å². The van der Waals surface area contributed by atoms with Gasteiger partial charge in [-0.15, -0.1) is 0 Å². The molecule has 0 aliphatic rings. The van der Waals surface area contributed by atoms with Crippen molar-refractivity contribution in [3.63, 3.8) is 0 Å². The van der Waals surface area contributed by atoms with Gasteiger partial charge in [-0.05, 0) is 42.7 Å². The third-order valence-corrected chi connectivity index (χ3v) is 3.30. The Kier molecular flexibility index (Phi) is 3.23. The van der Waals surface area contributed by atoms with Crippen molar-refractivity contribution in [3.8, 4) is 0 Å². The topological polar surface area (TPSA) is 20.2 Å². The number of rotatable bonds is 2. The van der Waals surface area contributed by atoms with Crippen LogP contribution in [0, 0.1) is 6.92 Å². The van der Waals surface area contributed by atoms with Crippen molar-refractivity contribution in [3.05, 3.63) is 70.2 Å². The lowest BCUT2D eigenvalue weighted by atomic mass is 9.86. The highest BCUT2D eigenvalue weighted by atomic mass is 35.5. The molecule has 0 fully saturated rings. The third kappa shape index (κ3) is 2.36. The van der Waals surface area contributed by atoms with Crippen molar-refractivity contribution in [2.24, 2.45) is 0 Å². The molecule has 0 saturated heterocycles. The lowest BCUT2D eigenvalue weighted by Crippen LogP contribution is -2.23. The zero-order chi connectivity index (χ0) is 12.5. The van der Waals surface area contributed by atoms with E-state index in [1.54, 1.807) is 6.92 Å². The minimum atomic E-state index is -1.02. The molecule has 0 aromatic heterocycles. The molecule has 0 aliphatic heterocycles. The number of aliphatic hydroxyl groups is 1. The normalized spacial score (nSPS) is 14.4. The van der Waals surface area contributed by atoms with Crippen LogP contribution < -0.4 is 0 Å². The summed E-state index contributed by atoms with van der Waals surface area (Å²) in [6.07, 6.45) is 0. The van der Waals surface area contributed by atoms with Gasteiger partial charge in [-0.1, -0.05) is 48.0 Å². The Balaban J connectivity index is 2.55. The van der Waals surface area contributed by atoms with E-state index in [1.807, 2.05) is 55.5 Å². The summed E-state index contributed by atoms with van der Waals surface area (Å²) in [6.45, 7) is 3.77. The molecule has 88 valence electrons. The van der Waals surface area contributed by atoms with E-state index in [0.717, 1.165) is 16.7 Å². The van der Waals surface area contributed by atoms with Gasteiger partial charge in [-0.2, -0.15) is 0 Å². The molecule has 0 amide bonds. The largest absolute Gasteiger partial charge is 0.381 e. The predicted octanol–water partition coefficient (Wildman–Crippen LogP) is 3.90. The second kappa shape index (κ2) is 4.52. The number of hydrogen-bond acceptors (Lipinski definition) is 1. The van der Waals surface area contributed by atoms with Gasteiger partial charge in [-0.3, -0.25) is 0 Å². The second-order valence-corrected chi connectivity index (χ2v) is 4.83. The standard InChI is InChI=1S/C15H15ClO/c1-11-8-9-13(16)10-14(11)15(2,17)12-6-4-3-5-7-12/h3-10,17H,1-2H3. The van der Waals surface area contributed by atoms with Crippen LogP contribution in [0.4, 0.5) is 0 Å². The van der Waals surface area contributed by atoms with Crippen LogP contribution in [0.15, 0.2) is 48.5 Å². The number of aryl methyl sites for hydroxylation is 1. The molecule has 0 saturated carbocycles. The molecular weight excluding hydrogens is 232 g/mol. The average molecular weight is 247 g/mol. The molecule has 1 atom stereocenters. The van der Waals surface area contributed by atoms with Crippen LogP contribution in [0.25, 0.3) is 0 Å². The molecule has 0 bridgehead atoms. The number of halogens is 1. The van der Waals surface area contributed by atoms with Gasteiger partial charge >= 0.3 is 0 Å². The van der Waals surface area contributed by atoms with Crippen molar-refractivity contribution in [1.29, 1.82) is 0 Å². The summed E-state index contributed by atoms with van der Waals surface area (Å²) in [6, 6.07) is 15.2. The quantitative estimate of drug-likeness (QED) is 0.852. The van der Waals surface area contributed by atoms with Crippen molar-refractivity contribution in [2.45, 2.75) is 19.4 Å². The van der Waals surface area contributed by atoms with Crippen LogP contribution in [0.1, 0.15) is 23.6 Å². The maximum Gasteiger partial charge on any atom is 0.112 e. The van der Waals surface area contributed by atoms with Gasteiger partial charge in [0.15, 0.2) is 0 Å². The van der Waals surface area contributed by atoms with Gasteiger partial charge in [-0.25, -0.2) is 0 Å². The van der Waals surface area contributed by atoms with Crippen LogP contribution >= 0.6 is 11.6 Å². The van der Waals surface area contributed by atoms with E-state index >= 15 is 0 Å². The van der Waals surface area contributed by atoms with Gasteiger partial charge in [0.2, 0.25) is 0 Å². The van der Waals surface area contributed by atoms with Crippen LogP contribution in [0.2, 0.25) is 5.02 Å².